The Hall–Kier alpha value is -1.12. The van der Waals surface area contributed by atoms with Crippen LogP contribution in [0.4, 0.5) is 0 Å². The molecule has 54 valence electrons. The first kappa shape index (κ1) is 6.99. The smallest absolute Gasteiger partial charge is 0.196 e. The standard InChI is InChI=1S/C7H9NO2/c1-4-7(5(2)9)10-6(3)8-4/h1-3H3. The van der Waals surface area contributed by atoms with Gasteiger partial charge in [-0.3, -0.25) is 4.79 Å². The molecule has 0 N–H and O–H groups in total. The first-order valence-electron chi connectivity index (χ1n) is 3.06. The fraction of sp³-hybridized carbons (Fsp3) is 0.429. The molecule has 0 fully saturated rings. The molecule has 0 radical (unpaired) electrons. The number of Topliss-reactive ketones (excluding diaryl/α,β-unsaturated/α-hetero) is 1. The number of hydrogen-bond donors (Lipinski definition) is 0. The van der Waals surface area contributed by atoms with E-state index in [-0.39, 0.29) is 5.78 Å². The number of aromatic nitrogens is 1. The van der Waals surface area contributed by atoms with Crippen molar-refractivity contribution in [3.05, 3.63) is 17.3 Å². The lowest BCUT2D eigenvalue weighted by Crippen LogP contribution is -1.90. The maximum Gasteiger partial charge on any atom is 0.196 e. The summed E-state index contributed by atoms with van der Waals surface area (Å²) >= 11 is 0. The number of aryl methyl sites for hydroxylation is 2. The number of carbonyl (C=O) groups excluding carboxylic acids is 1. The van der Waals surface area contributed by atoms with Crippen LogP contribution < -0.4 is 0 Å². The zero-order valence-corrected chi connectivity index (χ0v) is 6.26. The third-order valence-corrected chi connectivity index (χ3v) is 1.22. The summed E-state index contributed by atoms with van der Waals surface area (Å²) in [7, 11) is 0. The molecule has 0 aliphatic carbocycles. The van der Waals surface area contributed by atoms with Gasteiger partial charge in [-0.15, -0.1) is 0 Å². The molecule has 10 heavy (non-hydrogen) atoms. The van der Waals surface area contributed by atoms with Crippen LogP contribution in [0.15, 0.2) is 4.42 Å². The lowest BCUT2D eigenvalue weighted by molar-refractivity contribution is 0.0985. The maximum absolute atomic E-state index is 10.7. The molecule has 1 rings (SSSR count). The van der Waals surface area contributed by atoms with Gasteiger partial charge in [0.05, 0.1) is 5.69 Å². The molecule has 0 saturated heterocycles. The number of nitrogens with zero attached hydrogens (tertiary/aromatic N) is 1. The summed E-state index contributed by atoms with van der Waals surface area (Å²) in [5, 5.41) is 0. The van der Waals surface area contributed by atoms with Gasteiger partial charge in [-0.1, -0.05) is 0 Å². The molecule has 0 unspecified atom stereocenters. The number of carbonyl (C=O) groups is 1. The third-order valence-electron chi connectivity index (χ3n) is 1.22. The summed E-state index contributed by atoms with van der Waals surface area (Å²) in [6, 6.07) is 0. The van der Waals surface area contributed by atoms with E-state index in [4.69, 9.17) is 4.42 Å². The zero-order chi connectivity index (χ0) is 7.72. The van der Waals surface area contributed by atoms with Crippen LogP contribution in [0.1, 0.15) is 29.1 Å². The summed E-state index contributed by atoms with van der Waals surface area (Å²) in [5.74, 6) is 0.846. The van der Waals surface area contributed by atoms with Crippen molar-refractivity contribution in [3.63, 3.8) is 0 Å². The summed E-state index contributed by atoms with van der Waals surface area (Å²) in [6.07, 6.45) is 0. The van der Waals surface area contributed by atoms with Gasteiger partial charge in [0.2, 0.25) is 0 Å². The van der Waals surface area contributed by atoms with E-state index in [9.17, 15) is 4.79 Å². The topological polar surface area (TPSA) is 43.1 Å². The Kier molecular flexibility index (Phi) is 1.57. The van der Waals surface area contributed by atoms with Crippen LogP contribution in [0, 0.1) is 13.8 Å². The zero-order valence-electron chi connectivity index (χ0n) is 6.26. The fourth-order valence-corrected chi connectivity index (χ4v) is 0.858. The predicted molar refractivity (Wildman–Crippen MR) is 36.0 cm³/mol. The molecule has 0 aliphatic heterocycles. The van der Waals surface area contributed by atoms with E-state index >= 15 is 0 Å². The van der Waals surface area contributed by atoms with Crippen molar-refractivity contribution in [2.75, 3.05) is 0 Å². The molecular weight excluding hydrogens is 130 g/mol. The van der Waals surface area contributed by atoms with Crippen LogP contribution in [0.5, 0.6) is 0 Å². The molecule has 1 aromatic heterocycles. The van der Waals surface area contributed by atoms with Gasteiger partial charge < -0.3 is 4.42 Å². The second kappa shape index (κ2) is 2.25. The van der Waals surface area contributed by atoms with Gasteiger partial charge in [0.25, 0.3) is 0 Å². The Morgan fingerprint density at radius 3 is 2.30 bits per heavy atom. The van der Waals surface area contributed by atoms with E-state index in [0.717, 1.165) is 0 Å². The quantitative estimate of drug-likeness (QED) is 0.553. The van der Waals surface area contributed by atoms with E-state index in [1.165, 1.54) is 6.92 Å². The summed E-state index contributed by atoms with van der Waals surface area (Å²) in [4.78, 5) is 14.7. The SMILES string of the molecule is CC(=O)c1oc(C)nc1C. The van der Waals surface area contributed by atoms with Crippen LogP contribution in [-0.2, 0) is 0 Å². The molecule has 0 aromatic carbocycles. The van der Waals surface area contributed by atoms with E-state index < -0.39 is 0 Å². The van der Waals surface area contributed by atoms with E-state index in [1.54, 1.807) is 13.8 Å². The molecular formula is C7H9NO2. The van der Waals surface area contributed by atoms with E-state index in [1.807, 2.05) is 0 Å². The lowest BCUT2D eigenvalue weighted by atomic mass is 10.3. The third kappa shape index (κ3) is 1.07. The van der Waals surface area contributed by atoms with Gasteiger partial charge in [-0.25, -0.2) is 4.98 Å². The molecule has 0 atom stereocenters. The molecule has 1 heterocycles. The minimum Gasteiger partial charge on any atom is -0.438 e. The molecule has 3 nitrogen and oxygen atoms in total. The van der Waals surface area contributed by atoms with E-state index in [0.29, 0.717) is 17.3 Å². The monoisotopic (exact) mass is 139 g/mol. The summed E-state index contributed by atoms with van der Waals surface area (Å²) < 4.78 is 5.02. The first-order valence-corrected chi connectivity index (χ1v) is 3.06. The number of ketones is 1. The van der Waals surface area contributed by atoms with Crippen LogP contribution in [0.25, 0.3) is 0 Å². The molecule has 0 aliphatic rings. The number of hydrogen-bond acceptors (Lipinski definition) is 3. The highest BCUT2D eigenvalue weighted by Gasteiger charge is 2.09. The van der Waals surface area contributed by atoms with Gasteiger partial charge in [0, 0.05) is 13.8 Å². The van der Waals surface area contributed by atoms with Crippen molar-refractivity contribution in [2.45, 2.75) is 20.8 Å². The average Bonchev–Trinajstić information content (AvgIpc) is 2.10. The second-order valence-electron chi connectivity index (χ2n) is 2.20. The highest BCUT2D eigenvalue weighted by Crippen LogP contribution is 2.08. The van der Waals surface area contributed by atoms with Crippen molar-refractivity contribution in [1.29, 1.82) is 0 Å². The highest BCUT2D eigenvalue weighted by molar-refractivity contribution is 5.92. The largest absolute Gasteiger partial charge is 0.438 e. The Labute approximate surface area is 59.1 Å². The normalized spacial score (nSPS) is 9.90. The summed E-state index contributed by atoms with van der Waals surface area (Å²) in [6.45, 7) is 4.94. The molecule has 0 spiro atoms. The van der Waals surface area contributed by atoms with Gasteiger partial charge >= 0.3 is 0 Å². The second-order valence-corrected chi connectivity index (χ2v) is 2.20. The van der Waals surface area contributed by atoms with Crippen molar-refractivity contribution < 1.29 is 9.21 Å². The molecule has 0 saturated carbocycles. The highest BCUT2D eigenvalue weighted by atomic mass is 16.4. The predicted octanol–water partition coefficient (Wildman–Crippen LogP) is 1.49. The maximum atomic E-state index is 10.7. The van der Waals surface area contributed by atoms with Crippen LogP contribution in [0.3, 0.4) is 0 Å². The van der Waals surface area contributed by atoms with Crippen LogP contribution >= 0.6 is 0 Å². The fourth-order valence-electron chi connectivity index (χ4n) is 0.858. The van der Waals surface area contributed by atoms with Gasteiger partial charge in [-0.2, -0.15) is 0 Å². The number of oxazole rings is 1. The first-order chi connectivity index (χ1) is 4.61. The van der Waals surface area contributed by atoms with Crippen molar-refractivity contribution in [3.8, 4) is 0 Å². The molecule has 1 aromatic rings. The average molecular weight is 139 g/mol. The van der Waals surface area contributed by atoms with Crippen LogP contribution in [0.2, 0.25) is 0 Å². The van der Waals surface area contributed by atoms with Gasteiger partial charge in [0.1, 0.15) is 0 Å². The Bertz CT molecular complexity index is 263. The van der Waals surface area contributed by atoms with Crippen molar-refractivity contribution in [1.82, 2.24) is 4.98 Å². The summed E-state index contributed by atoms with van der Waals surface area (Å²) in [5.41, 5.74) is 0.671. The minimum atomic E-state index is -0.0712. The van der Waals surface area contributed by atoms with Crippen LogP contribution in [-0.4, -0.2) is 10.8 Å². The van der Waals surface area contributed by atoms with E-state index in [2.05, 4.69) is 4.98 Å². The lowest BCUT2D eigenvalue weighted by Gasteiger charge is -1.85. The van der Waals surface area contributed by atoms with Gasteiger partial charge in [-0.05, 0) is 6.92 Å². The molecule has 3 heteroatoms. The van der Waals surface area contributed by atoms with Gasteiger partial charge in [0.15, 0.2) is 17.4 Å². The minimum absolute atomic E-state index is 0.0712. The molecule has 0 bridgehead atoms. The Balaban J connectivity index is 3.15. The molecule has 0 amide bonds. The Morgan fingerprint density at radius 2 is 2.10 bits per heavy atom. The van der Waals surface area contributed by atoms with Crippen molar-refractivity contribution in [2.24, 2.45) is 0 Å². The number of rotatable bonds is 1. The van der Waals surface area contributed by atoms with Crippen molar-refractivity contribution >= 4 is 5.78 Å². The Morgan fingerprint density at radius 1 is 1.50 bits per heavy atom.